The van der Waals surface area contributed by atoms with Gasteiger partial charge in [-0.3, -0.25) is 4.79 Å². The van der Waals surface area contributed by atoms with Crippen molar-refractivity contribution in [2.24, 2.45) is 0 Å². The zero-order chi connectivity index (χ0) is 22.1. The lowest BCUT2D eigenvalue weighted by atomic mass is 9.89. The highest BCUT2D eigenvalue weighted by Gasteiger charge is 2.27. The van der Waals surface area contributed by atoms with E-state index in [0.29, 0.717) is 35.7 Å². The van der Waals surface area contributed by atoms with E-state index in [1.54, 1.807) is 33.1 Å². The van der Waals surface area contributed by atoms with Gasteiger partial charge in [0.15, 0.2) is 0 Å². The van der Waals surface area contributed by atoms with E-state index in [1.165, 1.54) is 5.56 Å². The van der Waals surface area contributed by atoms with Crippen molar-refractivity contribution in [3.63, 3.8) is 0 Å². The van der Waals surface area contributed by atoms with Gasteiger partial charge in [0, 0.05) is 35.8 Å². The summed E-state index contributed by atoms with van der Waals surface area (Å²) in [4.78, 5) is 18.2. The minimum Gasteiger partial charge on any atom is -0.497 e. The summed E-state index contributed by atoms with van der Waals surface area (Å²) in [7, 11) is 1.66. The Balaban J connectivity index is 1.47. The highest BCUT2D eigenvalue weighted by atomic mass is 19.3. The molecule has 1 saturated heterocycles. The number of alkyl halides is 2. The molecular formula is C24H26F2N2O3. The zero-order valence-electron chi connectivity index (χ0n) is 17.9. The fourth-order valence-corrected chi connectivity index (χ4v) is 4.51. The number of H-pyrrole nitrogens is 1. The average Bonchev–Trinajstić information content (AvgIpc) is 3.18. The average molecular weight is 428 g/mol. The lowest BCUT2D eigenvalue weighted by Crippen LogP contribution is -2.38. The second kappa shape index (κ2) is 8.57. The summed E-state index contributed by atoms with van der Waals surface area (Å²) in [6.45, 7) is 1.77. The molecule has 1 aromatic heterocycles. The lowest BCUT2D eigenvalue weighted by molar-refractivity contribution is -0.0507. The Morgan fingerprint density at radius 3 is 2.42 bits per heavy atom. The Bertz CT molecular complexity index is 1080. The maximum absolute atomic E-state index is 13.0. The van der Waals surface area contributed by atoms with Gasteiger partial charge in [0.2, 0.25) is 0 Å². The molecule has 0 aliphatic carbocycles. The van der Waals surface area contributed by atoms with Gasteiger partial charge in [-0.1, -0.05) is 0 Å². The highest BCUT2D eigenvalue weighted by molar-refractivity contribution is 5.95. The predicted octanol–water partition coefficient (Wildman–Crippen LogP) is 5.41. The Hall–Kier alpha value is -3.09. The number of amides is 1. The van der Waals surface area contributed by atoms with Crippen LogP contribution in [0, 0.1) is 13.8 Å². The second-order valence-corrected chi connectivity index (χ2v) is 8.04. The number of hydrogen-bond acceptors (Lipinski definition) is 3. The molecule has 1 amide bonds. The standard InChI is InChI=1S/C24H26F2N2O3/c1-14-10-17(11-15(2)22(14)31-24(25)26)23(29)28-8-6-16(7-9-28)20-13-27-21-5-4-18(30-3)12-19(20)21/h4-5,10-13,16,24,27H,6-9H2,1-3H3. The molecule has 164 valence electrons. The van der Waals surface area contributed by atoms with Crippen LogP contribution in [0.25, 0.3) is 10.9 Å². The number of nitrogens with zero attached hydrogens (tertiary/aromatic N) is 1. The van der Waals surface area contributed by atoms with Gasteiger partial charge >= 0.3 is 6.61 Å². The van der Waals surface area contributed by atoms with Gasteiger partial charge in [0.05, 0.1) is 7.11 Å². The number of hydrogen-bond donors (Lipinski definition) is 1. The number of likely N-dealkylation sites (tertiary alicyclic amines) is 1. The van der Waals surface area contributed by atoms with Crippen LogP contribution >= 0.6 is 0 Å². The first-order valence-electron chi connectivity index (χ1n) is 10.4. The topological polar surface area (TPSA) is 54.6 Å². The number of aryl methyl sites for hydroxylation is 2. The zero-order valence-corrected chi connectivity index (χ0v) is 17.9. The van der Waals surface area contributed by atoms with Crippen LogP contribution < -0.4 is 9.47 Å². The molecule has 1 aliphatic heterocycles. The summed E-state index contributed by atoms with van der Waals surface area (Å²) >= 11 is 0. The molecule has 0 saturated carbocycles. The van der Waals surface area contributed by atoms with E-state index in [-0.39, 0.29) is 11.7 Å². The van der Waals surface area contributed by atoms with Crippen molar-refractivity contribution >= 4 is 16.8 Å². The van der Waals surface area contributed by atoms with Gasteiger partial charge in [0.1, 0.15) is 11.5 Å². The monoisotopic (exact) mass is 428 g/mol. The molecule has 2 aromatic carbocycles. The van der Waals surface area contributed by atoms with Gasteiger partial charge in [-0.25, -0.2) is 0 Å². The summed E-state index contributed by atoms with van der Waals surface area (Å²) < 4.78 is 35.2. The van der Waals surface area contributed by atoms with Crippen LogP contribution in [0.15, 0.2) is 36.5 Å². The Labute approximate surface area is 180 Å². The van der Waals surface area contributed by atoms with Gasteiger partial charge in [-0.15, -0.1) is 0 Å². The molecule has 0 unspecified atom stereocenters. The maximum Gasteiger partial charge on any atom is 0.387 e. The lowest BCUT2D eigenvalue weighted by Gasteiger charge is -2.32. The number of halogens is 2. The van der Waals surface area contributed by atoms with E-state index in [0.717, 1.165) is 29.5 Å². The van der Waals surface area contributed by atoms with Crippen molar-refractivity contribution in [3.8, 4) is 11.5 Å². The summed E-state index contributed by atoms with van der Waals surface area (Å²) in [6, 6.07) is 9.26. The molecule has 5 nitrogen and oxygen atoms in total. The molecule has 2 heterocycles. The van der Waals surface area contributed by atoms with Crippen LogP contribution in [0.5, 0.6) is 11.5 Å². The first kappa shape index (κ1) is 21.2. The smallest absolute Gasteiger partial charge is 0.387 e. The number of fused-ring (bicyclic) bond motifs is 1. The van der Waals surface area contributed by atoms with Gasteiger partial charge in [0.25, 0.3) is 5.91 Å². The van der Waals surface area contributed by atoms with Crippen LogP contribution in [0.4, 0.5) is 8.78 Å². The third-order valence-electron chi connectivity index (χ3n) is 6.06. The van der Waals surface area contributed by atoms with Gasteiger partial charge in [-0.05, 0) is 79.6 Å². The maximum atomic E-state index is 13.0. The van der Waals surface area contributed by atoms with E-state index in [4.69, 9.17) is 4.74 Å². The number of methoxy groups -OCH3 is 1. The van der Waals surface area contributed by atoms with E-state index < -0.39 is 6.61 Å². The fourth-order valence-electron chi connectivity index (χ4n) is 4.51. The molecule has 0 spiro atoms. The first-order chi connectivity index (χ1) is 14.9. The van der Waals surface area contributed by atoms with Gasteiger partial charge in [-0.2, -0.15) is 8.78 Å². The quantitative estimate of drug-likeness (QED) is 0.591. The second-order valence-electron chi connectivity index (χ2n) is 8.04. The Kier molecular flexibility index (Phi) is 5.85. The Morgan fingerprint density at radius 1 is 1.13 bits per heavy atom. The highest BCUT2D eigenvalue weighted by Crippen LogP contribution is 2.35. The molecule has 1 N–H and O–H groups in total. The van der Waals surface area contributed by atoms with Gasteiger partial charge < -0.3 is 19.4 Å². The normalized spacial score (nSPS) is 15.0. The molecule has 3 aromatic rings. The number of nitrogens with one attached hydrogen (secondary N) is 1. The van der Waals surface area contributed by atoms with Crippen molar-refractivity contribution in [2.75, 3.05) is 20.2 Å². The van der Waals surface area contributed by atoms with E-state index in [1.807, 2.05) is 23.1 Å². The minimum atomic E-state index is -2.89. The third-order valence-corrected chi connectivity index (χ3v) is 6.06. The molecule has 0 radical (unpaired) electrons. The van der Waals surface area contributed by atoms with Crippen molar-refractivity contribution < 1.29 is 23.0 Å². The third kappa shape index (κ3) is 4.22. The van der Waals surface area contributed by atoms with Crippen LogP contribution in [0.1, 0.15) is 45.8 Å². The number of piperidine rings is 1. The number of aromatic amines is 1. The van der Waals surface area contributed by atoms with Crippen molar-refractivity contribution in [2.45, 2.75) is 39.2 Å². The molecule has 7 heteroatoms. The molecule has 0 atom stereocenters. The van der Waals surface area contributed by atoms with Crippen molar-refractivity contribution in [3.05, 3.63) is 58.8 Å². The van der Waals surface area contributed by atoms with Crippen LogP contribution in [0.2, 0.25) is 0 Å². The van der Waals surface area contributed by atoms with Crippen LogP contribution in [-0.2, 0) is 0 Å². The van der Waals surface area contributed by atoms with Crippen molar-refractivity contribution in [1.82, 2.24) is 9.88 Å². The number of rotatable bonds is 5. The first-order valence-corrected chi connectivity index (χ1v) is 10.4. The SMILES string of the molecule is COc1ccc2[nH]cc(C3CCN(C(=O)c4cc(C)c(OC(F)F)c(C)c4)CC3)c2c1. The number of carbonyl (C=O) groups excluding carboxylic acids is 1. The molecule has 1 aliphatic rings. The van der Waals surface area contributed by atoms with Crippen LogP contribution in [0.3, 0.4) is 0 Å². The Morgan fingerprint density at radius 2 is 1.81 bits per heavy atom. The molecule has 4 rings (SSSR count). The summed E-state index contributed by atoms with van der Waals surface area (Å²) in [5.74, 6) is 1.25. The fraction of sp³-hybridized carbons (Fsp3) is 0.375. The van der Waals surface area contributed by atoms with E-state index in [2.05, 4.69) is 15.9 Å². The largest absolute Gasteiger partial charge is 0.497 e. The summed E-state index contributed by atoms with van der Waals surface area (Å²) in [6.07, 6.45) is 3.78. The van der Waals surface area contributed by atoms with Crippen LogP contribution in [-0.4, -0.2) is 42.6 Å². The van der Waals surface area contributed by atoms with Crippen molar-refractivity contribution in [1.29, 1.82) is 0 Å². The molecular weight excluding hydrogens is 402 g/mol. The summed E-state index contributed by atoms with van der Waals surface area (Å²) in [5, 5.41) is 1.16. The number of aromatic nitrogens is 1. The summed E-state index contributed by atoms with van der Waals surface area (Å²) in [5.41, 5.74) is 3.90. The number of ether oxygens (including phenoxy) is 2. The van der Waals surface area contributed by atoms with E-state index in [9.17, 15) is 13.6 Å². The molecule has 1 fully saturated rings. The number of benzene rings is 2. The predicted molar refractivity (Wildman–Crippen MR) is 115 cm³/mol. The van der Waals surface area contributed by atoms with E-state index >= 15 is 0 Å². The minimum absolute atomic E-state index is 0.0751. The number of carbonyl (C=O) groups is 1. The molecule has 31 heavy (non-hydrogen) atoms. The molecule has 0 bridgehead atoms.